The molecule has 0 bridgehead atoms. The number of carbonyl (C=O) groups is 1. The summed E-state index contributed by atoms with van der Waals surface area (Å²) in [4.78, 5) is 15.8. The van der Waals surface area contributed by atoms with Crippen LogP contribution in [0.25, 0.3) is 11.1 Å². The van der Waals surface area contributed by atoms with Gasteiger partial charge in [0.1, 0.15) is 11.4 Å². The Labute approximate surface area is 207 Å². The Morgan fingerprint density at radius 3 is 2.14 bits per heavy atom. The summed E-state index contributed by atoms with van der Waals surface area (Å²) in [7, 11) is -5.87. The van der Waals surface area contributed by atoms with Crippen molar-refractivity contribution in [2.75, 3.05) is 26.2 Å². The first-order chi connectivity index (χ1) is 16.2. The second kappa shape index (κ2) is 10.2. The van der Waals surface area contributed by atoms with E-state index in [0.717, 1.165) is 0 Å². The number of hydrogen-bond donors (Lipinski definition) is 0. The van der Waals surface area contributed by atoms with E-state index in [1.54, 1.807) is 56.0 Å². The fraction of sp³-hybridized carbons (Fsp3) is 0.435. The summed E-state index contributed by atoms with van der Waals surface area (Å²) in [5.41, 5.74) is -4.80. The van der Waals surface area contributed by atoms with Crippen LogP contribution in [0.3, 0.4) is 0 Å². The van der Waals surface area contributed by atoms with Crippen molar-refractivity contribution in [2.24, 2.45) is 0 Å². The second-order valence-corrected chi connectivity index (χ2v) is 11.0. The number of nitrogens with zero attached hydrogens (tertiary/aromatic N) is 2. The van der Waals surface area contributed by atoms with Crippen molar-refractivity contribution in [1.29, 1.82) is 0 Å². The third kappa shape index (κ3) is 7.02. The Hall–Kier alpha value is -2.50. The van der Waals surface area contributed by atoms with Crippen LogP contribution in [0.15, 0.2) is 42.5 Å². The van der Waals surface area contributed by atoms with E-state index >= 15 is 0 Å². The number of ether oxygens (including phenoxy) is 1. The van der Waals surface area contributed by atoms with Gasteiger partial charge in [-0.1, -0.05) is 35.9 Å². The maximum absolute atomic E-state index is 13.0. The fourth-order valence-electron chi connectivity index (χ4n) is 3.51. The van der Waals surface area contributed by atoms with Gasteiger partial charge in [-0.3, -0.25) is 4.90 Å². The molecule has 35 heavy (non-hydrogen) atoms. The van der Waals surface area contributed by atoms with Crippen molar-refractivity contribution in [3.63, 3.8) is 0 Å². The minimum Gasteiger partial charge on any atom is -0.444 e. The van der Waals surface area contributed by atoms with Gasteiger partial charge in [-0.25, -0.2) is 4.79 Å². The molecule has 7 nitrogen and oxygen atoms in total. The molecule has 3 rings (SSSR count). The monoisotopic (exact) mass is 534 g/mol. The van der Waals surface area contributed by atoms with Gasteiger partial charge in [-0.05, 0) is 50.1 Å². The third-order valence-corrected chi connectivity index (χ3v) is 6.39. The summed E-state index contributed by atoms with van der Waals surface area (Å²) in [6.45, 7) is 6.90. The van der Waals surface area contributed by atoms with Crippen LogP contribution < -0.4 is 4.18 Å². The van der Waals surface area contributed by atoms with Gasteiger partial charge in [0.2, 0.25) is 0 Å². The Morgan fingerprint density at radius 2 is 1.60 bits per heavy atom. The predicted molar refractivity (Wildman–Crippen MR) is 126 cm³/mol. The molecular weight excluding hydrogens is 509 g/mol. The van der Waals surface area contributed by atoms with Crippen LogP contribution in [0.5, 0.6) is 5.75 Å². The van der Waals surface area contributed by atoms with E-state index in [9.17, 15) is 26.4 Å². The number of carbonyl (C=O) groups excluding carboxylic acids is 1. The number of rotatable bonds is 5. The Kier molecular flexibility index (Phi) is 7.93. The van der Waals surface area contributed by atoms with Gasteiger partial charge in [0.05, 0.1) is 0 Å². The van der Waals surface area contributed by atoms with Gasteiger partial charge in [0, 0.05) is 43.3 Å². The van der Waals surface area contributed by atoms with Gasteiger partial charge < -0.3 is 13.8 Å². The summed E-state index contributed by atoms with van der Waals surface area (Å²) >= 11 is 5.96. The molecule has 0 N–H and O–H groups in total. The molecule has 192 valence electrons. The van der Waals surface area contributed by atoms with Crippen LogP contribution in [-0.4, -0.2) is 61.6 Å². The zero-order valence-electron chi connectivity index (χ0n) is 19.4. The molecule has 0 spiro atoms. The number of hydrogen-bond acceptors (Lipinski definition) is 6. The predicted octanol–water partition coefficient (Wildman–Crippen LogP) is 5.29. The summed E-state index contributed by atoms with van der Waals surface area (Å²) in [5.74, 6) is -0.413. The number of benzene rings is 2. The van der Waals surface area contributed by atoms with E-state index in [1.165, 1.54) is 12.1 Å². The van der Waals surface area contributed by atoms with E-state index in [1.807, 2.05) is 4.90 Å². The highest BCUT2D eigenvalue weighted by molar-refractivity contribution is 7.88. The molecule has 0 saturated carbocycles. The lowest BCUT2D eigenvalue weighted by Crippen LogP contribution is -2.49. The standard InChI is InChI=1S/C23H26ClF3N2O5S/c1-22(2,3)33-21(30)29-13-11-28(12-14-29)15-19-18(16-7-9-17(24)10-8-16)5-4-6-20(19)34-35(31,32)23(25,26)27/h4-10H,11-15H2,1-3H3. The minimum absolute atomic E-state index is 0.101. The average Bonchev–Trinajstić information content (AvgIpc) is 2.74. The molecule has 1 amide bonds. The van der Waals surface area contributed by atoms with Crippen LogP contribution in [0.1, 0.15) is 26.3 Å². The van der Waals surface area contributed by atoms with E-state index < -0.39 is 33.1 Å². The number of alkyl halides is 3. The topological polar surface area (TPSA) is 76.2 Å². The van der Waals surface area contributed by atoms with E-state index in [4.69, 9.17) is 16.3 Å². The van der Waals surface area contributed by atoms with Crippen LogP contribution >= 0.6 is 11.6 Å². The Morgan fingerprint density at radius 1 is 1.00 bits per heavy atom. The zero-order chi connectivity index (χ0) is 26.0. The van der Waals surface area contributed by atoms with Crippen molar-refractivity contribution in [2.45, 2.75) is 38.4 Å². The van der Waals surface area contributed by atoms with E-state index in [2.05, 4.69) is 4.18 Å². The number of piperazine rings is 1. The smallest absolute Gasteiger partial charge is 0.444 e. The SMILES string of the molecule is CC(C)(C)OC(=O)N1CCN(Cc2c(OS(=O)(=O)C(F)(F)F)cccc2-c2ccc(Cl)cc2)CC1. The van der Waals surface area contributed by atoms with Crippen molar-refractivity contribution in [3.05, 3.63) is 53.1 Å². The minimum atomic E-state index is -5.87. The van der Waals surface area contributed by atoms with Gasteiger partial charge in [0.15, 0.2) is 0 Å². The number of amides is 1. The maximum Gasteiger partial charge on any atom is 0.534 e. The fourth-order valence-corrected chi connectivity index (χ4v) is 4.12. The molecule has 0 aromatic heterocycles. The molecule has 0 unspecified atom stereocenters. The highest BCUT2D eigenvalue weighted by atomic mass is 35.5. The summed E-state index contributed by atoms with van der Waals surface area (Å²) in [5, 5.41) is 0.473. The highest BCUT2D eigenvalue weighted by Gasteiger charge is 2.49. The zero-order valence-corrected chi connectivity index (χ0v) is 21.0. The van der Waals surface area contributed by atoms with Gasteiger partial charge >= 0.3 is 21.7 Å². The van der Waals surface area contributed by atoms with Crippen LogP contribution in [0.2, 0.25) is 5.02 Å². The molecular formula is C23H26ClF3N2O5S. The average molecular weight is 535 g/mol. The molecule has 0 aliphatic carbocycles. The van der Waals surface area contributed by atoms with Crippen LogP contribution in [0.4, 0.5) is 18.0 Å². The first-order valence-corrected chi connectivity index (χ1v) is 12.5. The lowest BCUT2D eigenvalue weighted by atomic mass is 9.98. The first kappa shape index (κ1) is 27.1. The molecule has 2 aromatic carbocycles. The number of halogens is 4. The Bertz CT molecular complexity index is 1160. The highest BCUT2D eigenvalue weighted by Crippen LogP contribution is 2.36. The third-order valence-electron chi connectivity index (χ3n) is 5.18. The summed E-state index contributed by atoms with van der Waals surface area (Å²) in [6.07, 6.45) is -0.445. The maximum atomic E-state index is 13.0. The van der Waals surface area contributed by atoms with Crippen LogP contribution in [-0.2, 0) is 21.4 Å². The molecule has 2 aromatic rings. The molecule has 0 atom stereocenters. The van der Waals surface area contributed by atoms with E-state index in [-0.39, 0.29) is 12.1 Å². The molecule has 1 aliphatic rings. The first-order valence-electron chi connectivity index (χ1n) is 10.8. The van der Waals surface area contributed by atoms with Crippen LogP contribution in [0, 0.1) is 0 Å². The molecule has 0 radical (unpaired) electrons. The Balaban J connectivity index is 1.88. The van der Waals surface area contributed by atoms with Gasteiger partial charge in [-0.15, -0.1) is 0 Å². The summed E-state index contributed by atoms with van der Waals surface area (Å²) in [6, 6.07) is 10.9. The summed E-state index contributed by atoms with van der Waals surface area (Å²) < 4.78 is 72.5. The molecule has 1 saturated heterocycles. The quantitative estimate of drug-likeness (QED) is 0.383. The van der Waals surface area contributed by atoms with Crippen molar-refractivity contribution in [1.82, 2.24) is 9.80 Å². The van der Waals surface area contributed by atoms with Gasteiger partial charge in [0.25, 0.3) is 0 Å². The molecule has 1 fully saturated rings. The van der Waals surface area contributed by atoms with Crippen molar-refractivity contribution < 1.29 is 35.3 Å². The lowest BCUT2D eigenvalue weighted by molar-refractivity contribution is -0.0500. The van der Waals surface area contributed by atoms with Crippen molar-refractivity contribution in [3.8, 4) is 16.9 Å². The van der Waals surface area contributed by atoms with Crippen molar-refractivity contribution >= 4 is 27.8 Å². The van der Waals surface area contributed by atoms with E-state index in [0.29, 0.717) is 42.3 Å². The molecule has 1 aliphatic heterocycles. The second-order valence-electron chi connectivity index (χ2n) is 9.02. The molecule has 1 heterocycles. The van der Waals surface area contributed by atoms with Gasteiger partial charge in [-0.2, -0.15) is 21.6 Å². The molecule has 12 heteroatoms. The largest absolute Gasteiger partial charge is 0.534 e. The lowest BCUT2D eigenvalue weighted by Gasteiger charge is -2.36. The normalized spacial score (nSPS) is 15.7.